The highest BCUT2D eigenvalue weighted by atomic mass is 16.6. The van der Waals surface area contributed by atoms with Gasteiger partial charge in [-0.05, 0) is 48.5 Å². The van der Waals surface area contributed by atoms with E-state index < -0.39 is 4.92 Å². The maximum atomic E-state index is 12.2. The lowest BCUT2D eigenvalue weighted by Crippen LogP contribution is -2.18. The van der Waals surface area contributed by atoms with Crippen LogP contribution in [0.5, 0.6) is 0 Å². The fourth-order valence-corrected chi connectivity index (χ4v) is 2.60. The van der Waals surface area contributed by atoms with Gasteiger partial charge in [-0.15, -0.1) is 0 Å². The molecule has 0 unspecified atom stereocenters. The van der Waals surface area contributed by atoms with E-state index in [9.17, 15) is 14.9 Å². The molecule has 8 nitrogen and oxygen atoms in total. The number of amides is 1. The highest BCUT2D eigenvalue weighted by Crippen LogP contribution is 2.17. The number of aromatic nitrogens is 1. The summed E-state index contributed by atoms with van der Waals surface area (Å²) in [4.78, 5) is 24.5. The Bertz CT molecular complexity index is 1010. The second-order valence-electron chi connectivity index (χ2n) is 6.22. The number of nitrogens with one attached hydrogen (secondary N) is 1. The molecule has 3 aromatic rings. The van der Waals surface area contributed by atoms with Crippen LogP contribution < -0.4 is 10.3 Å². The average Bonchev–Trinajstić information content (AvgIpc) is 3.16. The molecule has 2 aromatic carbocycles. The average molecular weight is 377 g/mol. The van der Waals surface area contributed by atoms with Gasteiger partial charge in [0, 0.05) is 49.4 Å². The smallest absolute Gasteiger partial charge is 0.271 e. The zero-order valence-corrected chi connectivity index (χ0v) is 15.4. The Labute approximate surface area is 161 Å². The van der Waals surface area contributed by atoms with E-state index in [1.165, 1.54) is 18.3 Å². The van der Waals surface area contributed by atoms with Crippen molar-refractivity contribution in [3.63, 3.8) is 0 Å². The quantitative estimate of drug-likeness (QED) is 0.405. The first-order valence-corrected chi connectivity index (χ1v) is 8.48. The first-order valence-electron chi connectivity index (χ1n) is 8.48. The molecule has 28 heavy (non-hydrogen) atoms. The number of hydrogen-bond donors (Lipinski definition) is 1. The maximum Gasteiger partial charge on any atom is 0.271 e. The summed E-state index contributed by atoms with van der Waals surface area (Å²) >= 11 is 0. The minimum Gasteiger partial charge on any atom is -0.378 e. The van der Waals surface area contributed by atoms with Gasteiger partial charge in [0.1, 0.15) is 0 Å². The number of non-ortho nitro benzene ring substituents is 1. The topological polar surface area (TPSA) is 92.8 Å². The summed E-state index contributed by atoms with van der Waals surface area (Å²) in [5.41, 5.74) is 5.51. The Hall–Kier alpha value is -3.94. The molecule has 0 bridgehead atoms. The van der Waals surface area contributed by atoms with Gasteiger partial charge in [-0.1, -0.05) is 0 Å². The van der Waals surface area contributed by atoms with Gasteiger partial charge in [-0.3, -0.25) is 14.9 Å². The third-order valence-corrected chi connectivity index (χ3v) is 4.13. The van der Waals surface area contributed by atoms with Crippen LogP contribution in [0.25, 0.3) is 5.69 Å². The van der Waals surface area contributed by atoms with Crippen molar-refractivity contribution in [2.24, 2.45) is 5.10 Å². The summed E-state index contributed by atoms with van der Waals surface area (Å²) < 4.78 is 1.81. The first-order chi connectivity index (χ1) is 13.5. The molecular formula is C20H19N5O3. The molecule has 0 atom stereocenters. The minimum absolute atomic E-state index is 0.0265. The molecule has 0 aliphatic rings. The van der Waals surface area contributed by atoms with Crippen molar-refractivity contribution in [3.05, 3.63) is 88.2 Å². The van der Waals surface area contributed by atoms with E-state index in [4.69, 9.17) is 0 Å². The predicted molar refractivity (Wildman–Crippen MR) is 108 cm³/mol. The van der Waals surface area contributed by atoms with Crippen LogP contribution in [0.15, 0.2) is 72.0 Å². The van der Waals surface area contributed by atoms with Crippen molar-refractivity contribution in [2.45, 2.75) is 0 Å². The molecule has 0 saturated carbocycles. The summed E-state index contributed by atoms with van der Waals surface area (Å²) in [7, 11) is 3.86. The van der Waals surface area contributed by atoms with Crippen molar-refractivity contribution in [1.29, 1.82) is 0 Å². The molecule has 1 amide bonds. The molecule has 1 heterocycles. The summed E-state index contributed by atoms with van der Waals surface area (Å²) in [5, 5.41) is 14.8. The molecule has 0 aliphatic carbocycles. The maximum absolute atomic E-state index is 12.2. The number of rotatable bonds is 6. The van der Waals surface area contributed by atoms with Gasteiger partial charge in [0.25, 0.3) is 11.6 Å². The molecule has 0 radical (unpaired) electrons. The molecule has 0 saturated heterocycles. The standard InChI is InChI=1S/C20H19N5O3/c1-23(2)16-7-5-15(6-8-16)20(26)22-21-14-19-4-3-13-24(19)17-9-11-18(12-10-17)25(27)28/h3-14H,1-2H3,(H,22,26)/b21-14+. The number of nitrogens with zero attached hydrogens (tertiary/aromatic N) is 4. The number of nitro benzene ring substituents is 1. The van der Waals surface area contributed by atoms with E-state index >= 15 is 0 Å². The van der Waals surface area contributed by atoms with Crippen molar-refractivity contribution in [2.75, 3.05) is 19.0 Å². The molecule has 142 valence electrons. The van der Waals surface area contributed by atoms with E-state index in [1.54, 1.807) is 24.3 Å². The molecule has 0 aliphatic heterocycles. The molecule has 0 fully saturated rings. The van der Waals surface area contributed by atoms with Crippen molar-refractivity contribution in [3.8, 4) is 5.69 Å². The van der Waals surface area contributed by atoms with E-state index in [0.29, 0.717) is 5.56 Å². The fourth-order valence-electron chi connectivity index (χ4n) is 2.60. The Morgan fingerprint density at radius 3 is 2.39 bits per heavy atom. The third kappa shape index (κ3) is 4.24. The normalized spacial score (nSPS) is 10.8. The van der Waals surface area contributed by atoms with E-state index in [0.717, 1.165) is 17.1 Å². The SMILES string of the molecule is CN(C)c1ccc(C(=O)N/N=C/c2cccn2-c2ccc([N+](=O)[O-])cc2)cc1. The zero-order valence-electron chi connectivity index (χ0n) is 15.4. The zero-order chi connectivity index (χ0) is 20.1. The van der Waals surface area contributed by atoms with Crippen LogP contribution in [0.2, 0.25) is 0 Å². The lowest BCUT2D eigenvalue weighted by Gasteiger charge is -2.12. The second kappa shape index (κ2) is 8.17. The fraction of sp³-hybridized carbons (Fsp3) is 0.100. The second-order valence-corrected chi connectivity index (χ2v) is 6.22. The van der Waals surface area contributed by atoms with E-state index in [1.807, 2.05) is 54.0 Å². The predicted octanol–water partition coefficient (Wildman–Crippen LogP) is 3.22. The minimum atomic E-state index is -0.442. The summed E-state index contributed by atoms with van der Waals surface area (Å²) in [6.07, 6.45) is 3.33. The summed E-state index contributed by atoms with van der Waals surface area (Å²) in [6, 6.07) is 17.0. The highest BCUT2D eigenvalue weighted by Gasteiger charge is 2.07. The van der Waals surface area contributed by atoms with Gasteiger partial charge in [-0.2, -0.15) is 5.10 Å². The molecule has 3 rings (SSSR count). The largest absolute Gasteiger partial charge is 0.378 e. The number of carbonyl (C=O) groups excluding carboxylic acids is 1. The lowest BCUT2D eigenvalue weighted by atomic mass is 10.2. The van der Waals surface area contributed by atoms with Gasteiger partial charge in [-0.25, -0.2) is 5.43 Å². The number of anilines is 1. The van der Waals surface area contributed by atoms with Gasteiger partial charge in [0.15, 0.2) is 0 Å². The Morgan fingerprint density at radius 1 is 1.11 bits per heavy atom. The molecule has 0 spiro atoms. The first kappa shape index (κ1) is 18.8. The van der Waals surface area contributed by atoms with Crippen LogP contribution in [0.1, 0.15) is 16.1 Å². The van der Waals surface area contributed by atoms with Gasteiger partial charge in [0.2, 0.25) is 0 Å². The van der Waals surface area contributed by atoms with Crippen LogP contribution in [0, 0.1) is 10.1 Å². The molecule has 1 N–H and O–H groups in total. The number of nitro groups is 1. The lowest BCUT2D eigenvalue weighted by molar-refractivity contribution is -0.384. The van der Waals surface area contributed by atoms with Gasteiger partial charge >= 0.3 is 0 Å². The van der Waals surface area contributed by atoms with E-state index in [2.05, 4.69) is 10.5 Å². The Kier molecular flexibility index (Phi) is 5.50. The van der Waals surface area contributed by atoms with Crippen LogP contribution >= 0.6 is 0 Å². The summed E-state index contributed by atoms with van der Waals surface area (Å²) in [6.45, 7) is 0. The van der Waals surface area contributed by atoms with Gasteiger partial charge in [0.05, 0.1) is 16.8 Å². The Balaban J connectivity index is 1.69. The van der Waals surface area contributed by atoms with Crippen molar-refractivity contribution in [1.82, 2.24) is 9.99 Å². The van der Waals surface area contributed by atoms with E-state index in [-0.39, 0.29) is 11.6 Å². The third-order valence-electron chi connectivity index (χ3n) is 4.13. The highest BCUT2D eigenvalue weighted by molar-refractivity contribution is 5.95. The number of hydrogen-bond acceptors (Lipinski definition) is 5. The monoisotopic (exact) mass is 377 g/mol. The Morgan fingerprint density at radius 2 is 1.79 bits per heavy atom. The number of hydrazone groups is 1. The number of benzene rings is 2. The van der Waals surface area contributed by atoms with Crippen LogP contribution in [0.3, 0.4) is 0 Å². The summed E-state index contributed by atoms with van der Waals surface area (Å²) in [5.74, 6) is -0.310. The van der Waals surface area contributed by atoms with Crippen molar-refractivity contribution >= 4 is 23.5 Å². The molecular weight excluding hydrogens is 358 g/mol. The van der Waals surface area contributed by atoms with Gasteiger partial charge < -0.3 is 9.47 Å². The van der Waals surface area contributed by atoms with Crippen LogP contribution in [-0.2, 0) is 0 Å². The molecule has 8 heteroatoms. The van der Waals surface area contributed by atoms with Crippen LogP contribution in [0.4, 0.5) is 11.4 Å². The molecule has 1 aromatic heterocycles. The number of carbonyl (C=O) groups is 1. The van der Waals surface area contributed by atoms with Crippen LogP contribution in [-0.4, -0.2) is 35.7 Å². The van der Waals surface area contributed by atoms with Crippen molar-refractivity contribution < 1.29 is 9.72 Å².